The fraction of sp³-hybridized carbons (Fsp3) is 0.629. The van der Waals surface area contributed by atoms with Crippen LogP contribution >= 0.6 is 12.3 Å². The predicted molar refractivity (Wildman–Crippen MR) is 207 cm³/mol. The maximum atomic E-state index is 14.3. The lowest BCUT2D eigenvalue weighted by molar-refractivity contribution is -0.433. The summed E-state index contributed by atoms with van der Waals surface area (Å²) in [4.78, 5) is 96.9. The van der Waals surface area contributed by atoms with Gasteiger partial charge in [-0.15, -0.1) is 0 Å². The number of phenols is 1. The molecule has 62 heavy (non-hydrogen) atoms. The summed E-state index contributed by atoms with van der Waals surface area (Å²) in [6.45, 7) is 1.17. The number of amides is 7. The molecule has 3 fully saturated rings. The van der Waals surface area contributed by atoms with E-state index in [1.54, 1.807) is 0 Å². The summed E-state index contributed by atoms with van der Waals surface area (Å²) < 4.78 is 9.19. The van der Waals surface area contributed by atoms with Gasteiger partial charge in [0.05, 0.1) is 49.1 Å². The summed E-state index contributed by atoms with van der Waals surface area (Å²) in [6, 6.07) is -7.43. The zero-order chi connectivity index (χ0) is 46.2. The number of nitrogens with one attached hydrogen (secondary N) is 4. The van der Waals surface area contributed by atoms with Crippen LogP contribution in [-0.4, -0.2) is 185 Å². The SMILES string of the molecule is CC(O)C1NC(=O)[C@@H](N)C[C@H](O)CNC(=O)C2[C@@H](O)C(C)CN2C(=O)[C@H]([C@H](O)CC(N)=O)NC(=O)C([C@H](O)Cc2ccc(O)c(OSOOO)c2)NC(=O)C2CC(O)CN2C1=O. The van der Waals surface area contributed by atoms with Gasteiger partial charge in [0.1, 0.15) is 30.2 Å². The van der Waals surface area contributed by atoms with Crippen molar-refractivity contribution < 1.29 is 88.1 Å². The van der Waals surface area contributed by atoms with Crippen LogP contribution in [0, 0.1) is 5.92 Å². The second kappa shape index (κ2) is 21.9. The smallest absolute Gasteiger partial charge is 0.261 e. The lowest BCUT2D eigenvalue weighted by Gasteiger charge is -2.33. The monoisotopic (exact) mass is 904 g/mol. The molecule has 3 aliphatic heterocycles. The second-order valence-corrected chi connectivity index (χ2v) is 15.8. The Labute approximate surface area is 357 Å². The third kappa shape index (κ3) is 12.4. The van der Waals surface area contributed by atoms with Gasteiger partial charge in [0.15, 0.2) is 11.5 Å². The van der Waals surface area contributed by atoms with Crippen LogP contribution in [-0.2, 0) is 49.4 Å². The Morgan fingerprint density at radius 3 is 2.16 bits per heavy atom. The summed E-state index contributed by atoms with van der Waals surface area (Å²) in [5.74, 6) is -9.67. The van der Waals surface area contributed by atoms with Crippen molar-refractivity contribution in [2.24, 2.45) is 17.4 Å². The zero-order valence-corrected chi connectivity index (χ0v) is 34.1. The molecule has 3 heterocycles. The van der Waals surface area contributed by atoms with Crippen molar-refractivity contribution in [3.05, 3.63) is 23.8 Å². The zero-order valence-electron chi connectivity index (χ0n) is 33.3. The average molecular weight is 905 g/mol. The number of nitrogens with zero attached hydrogens (tertiary/aromatic N) is 2. The molecule has 13 atom stereocenters. The lowest BCUT2D eigenvalue weighted by atomic mass is 9.98. The Kier molecular flexibility index (Phi) is 17.6. The topological polar surface area (TPSA) is 416 Å². The molecule has 4 rings (SSSR count). The van der Waals surface area contributed by atoms with Crippen LogP contribution in [0.1, 0.15) is 38.7 Å². The van der Waals surface area contributed by atoms with E-state index in [4.69, 9.17) is 20.9 Å². The van der Waals surface area contributed by atoms with Gasteiger partial charge in [0, 0.05) is 38.4 Å². The summed E-state index contributed by atoms with van der Waals surface area (Å²) in [5.41, 5.74) is 11.4. The number of carbonyl (C=O) groups excluding carboxylic acids is 7. The number of primary amides is 1. The average Bonchev–Trinajstić information content (AvgIpc) is 3.74. The fourth-order valence-electron chi connectivity index (χ4n) is 7.32. The highest BCUT2D eigenvalue weighted by molar-refractivity contribution is 7.90. The Morgan fingerprint density at radius 1 is 0.871 bits per heavy atom. The van der Waals surface area contributed by atoms with Crippen molar-refractivity contribution in [3.8, 4) is 11.5 Å². The Balaban J connectivity index is 1.81. The van der Waals surface area contributed by atoms with Gasteiger partial charge in [0.2, 0.25) is 41.4 Å². The first kappa shape index (κ1) is 49.7. The third-order valence-electron chi connectivity index (χ3n) is 10.5. The third-order valence-corrected chi connectivity index (χ3v) is 10.9. The molecule has 3 saturated heterocycles. The van der Waals surface area contributed by atoms with Crippen molar-refractivity contribution in [2.45, 2.75) is 112 Å². The van der Waals surface area contributed by atoms with Crippen molar-refractivity contribution >= 4 is 53.7 Å². The van der Waals surface area contributed by atoms with E-state index in [1.807, 2.05) is 0 Å². The van der Waals surface area contributed by atoms with E-state index in [1.165, 1.54) is 13.0 Å². The number of carbonyl (C=O) groups is 7. The van der Waals surface area contributed by atoms with Crippen LogP contribution in [0.5, 0.6) is 11.5 Å². The summed E-state index contributed by atoms with van der Waals surface area (Å²) >= 11 is 0.0692. The number of hydrogen-bond acceptors (Lipinski definition) is 20. The molecule has 26 nitrogen and oxygen atoms in total. The predicted octanol–water partition coefficient (Wildman–Crippen LogP) is -6.89. The van der Waals surface area contributed by atoms with E-state index >= 15 is 0 Å². The number of phenolic OH excluding ortho intramolecular Hbond substituents is 1. The van der Waals surface area contributed by atoms with E-state index in [-0.39, 0.29) is 30.2 Å². The van der Waals surface area contributed by atoms with Crippen LogP contribution in [0.2, 0.25) is 0 Å². The minimum atomic E-state index is -2.15. The number of aromatic hydroxyl groups is 1. The van der Waals surface area contributed by atoms with E-state index < -0.39 is 165 Å². The van der Waals surface area contributed by atoms with Gasteiger partial charge in [-0.3, -0.25) is 33.6 Å². The van der Waals surface area contributed by atoms with E-state index in [9.17, 15) is 69.3 Å². The van der Waals surface area contributed by atoms with E-state index in [0.29, 0.717) is 0 Å². The van der Waals surface area contributed by atoms with Crippen LogP contribution in [0.15, 0.2) is 18.2 Å². The molecule has 346 valence electrons. The molecule has 1 aromatic rings. The van der Waals surface area contributed by atoms with Gasteiger partial charge in [-0.1, -0.05) is 22.4 Å². The largest absolute Gasteiger partial charge is 0.504 e. The van der Waals surface area contributed by atoms with Gasteiger partial charge in [0.25, 0.3) is 12.3 Å². The molecule has 27 heteroatoms. The minimum absolute atomic E-state index is 0.0692. The molecule has 7 unspecified atom stereocenters. The fourth-order valence-corrected chi connectivity index (χ4v) is 7.58. The van der Waals surface area contributed by atoms with Gasteiger partial charge in [-0.05, 0) is 31.0 Å². The number of nitrogens with two attached hydrogens (primary N) is 2. The first-order valence-corrected chi connectivity index (χ1v) is 19.9. The Bertz CT molecular complexity index is 1810. The number of hydrogen-bond donors (Lipinski definition) is 14. The van der Waals surface area contributed by atoms with Crippen LogP contribution < -0.4 is 36.9 Å². The summed E-state index contributed by atoms with van der Waals surface area (Å²) in [6.07, 6.45) is -12.7. The van der Waals surface area contributed by atoms with Crippen LogP contribution in [0.3, 0.4) is 0 Å². The summed E-state index contributed by atoms with van der Waals surface area (Å²) in [7, 11) is 0. The molecule has 1 aromatic carbocycles. The van der Waals surface area contributed by atoms with Crippen LogP contribution in [0.4, 0.5) is 0 Å². The van der Waals surface area contributed by atoms with Crippen molar-refractivity contribution in [3.63, 3.8) is 0 Å². The van der Waals surface area contributed by atoms with Crippen molar-refractivity contribution in [2.75, 3.05) is 19.6 Å². The quantitative estimate of drug-likeness (QED) is 0.0425. The summed E-state index contributed by atoms with van der Waals surface area (Å²) in [5, 5.41) is 96.9. The molecule has 0 bridgehead atoms. The highest BCUT2D eigenvalue weighted by Crippen LogP contribution is 2.31. The van der Waals surface area contributed by atoms with E-state index in [2.05, 4.69) is 30.6 Å². The van der Waals surface area contributed by atoms with Gasteiger partial charge in [-0.2, -0.15) is 0 Å². The highest BCUT2D eigenvalue weighted by Gasteiger charge is 2.49. The normalized spacial score (nSPS) is 31.1. The van der Waals surface area contributed by atoms with Crippen molar-refractivity contribution in [1.82, 2.24) is 31.1 Å². The molecule has 0 aromatic heterocycles. The second-order valence-electron chi connectivity index (χ2n) is 15.3. The molecule has 16 N–H and O–H groups in total. The number of β-amino-alcohol motifs (C(OH)–C–C–N with tert-alkyl or cyclic N) is 1. The van der Waals surface area contributed by atoms with Crippen LogP contribution in [0.25, 0.3) is 0 Å². The molecular weight excluding hydrogens is 852 g/mol. The molecule has 0 aliphatic carbocycles. The molecular formula is C35H52N8O18S. The number of aliphatic hydroxyl groups excluding tert-OH is 6. The standard InChI is InChI=1S/C35H52N8O18S/c1-13-11-43-28(29(13)51)33(55)38-10-16(45)7-18(36)30(52)39-25(14(2)44)34(56)42-12-17(46)8-19(42)31(53)40-26(32(54)41-27(35(43)57)22(49)9-24(37)50)21(48)5-15-3-4-20(47)23(6-15)59-62-61-60-58/h3-4,6,13-14,16-19,21-22,25-29,44-49,51,58H,5,7-12,36H2,1-2H3,(H2,37,50)(H,38,55)(H,39,52)(H,40,53)(H,41,54)/t13?,14?,16-,17?,18-,19?,21+,22+,25?,26?,27-,28?,29-/m0/s1. The molecule has 7 amide bonds. The molecule has 0 spiro atoms. The van der Waals surface area contributed by atoms with Crippen molar-refractivity contribution in [1.29, 1.82) is 0 Å². The highest BCUT2D eigenvalue weighted by atomic mass is 32.2. The number of aliphatic hydroxyl groups is 6. The Morgan fingerprint density at radius 2 is 1.52 bits per heavy atom. The molecule has 0 saturated carbocycles. The first-order valence-electron chi connectivity index (χ1n) is 19.2. The maximum absolute atomic E-state index is 14.3. The number of rotatable bonds is 11. The maximum Gasteiger partial charge on any atom is 0.261 e. The van der Waals surface area contributed by atoms with E-state index in [0.717, 1.165) is 28.9 Å². The molecule has 0 radical (unpaired) electrons. The number of benzene rings is 1. The lowest BCUT2D eigenvalue weighted by Crippen LogP contribution is -2.64. The van der Waals surface area contributed by atoms with Gasteiger partial charge in [-0.25, -0.2) is 5.26 Å². The minimum Gasteiger partial charge on any atom is -0.504 e. The molecule has 3 aliphatic rings. The van der Waals surface area contributed by atoms with Gasteiger partial charge >= 0.3 is 0 Å². The van der Waals surface area contributed by atoms with Gasteiger partial charge < -0.3 is 82.5 Å². The first-order chi connectivity index (χ1) is 29.1. The number of fused-ring (bicyclic) bond motifs is 2. The Hall–Kier alpha value is -4.94.